The van der Waals surface area contributed by atoms with Crippen molar-refractivity contribution >= 4 is 11.8 Å². The maximum absolute atomic E-state index is 9.61. The van der Waals surface area contributed by atoms with Gasteiger partial charge < -0.3 is 15.1 Å². The molecular formula is C19H23NO2. The Morgan fingerprint density at radius 1 is 1.14 bits per heavy atom. The van der Waals surface area contributed by atoms with Gasteiger partial charge in [-0.3, -0.25) is 0 Å². The van der Waals surface area contributed by atoms with Gasteiger partial charge in [-0.2, -0.15) is 0 Å². The van der Waals surface area contributed by atoms with Crippen LogP contribution in [-0.4, -0.2) is 35.5 Å². The molecule has 1 aliphatic rings. The summed E-state index contributed by atoms with van der Waals surface area (Å²) < 4.78 is 0. The predicted molar refractivity (Wildman–Crippen MR) is 92.8 cm³/mol. The molecular weight excluding hydrogens is 274 g/mol. The van der Waals surface area contributed by atoms with E-state index in [-0.39, 0.29) is 0 Å². The average molecular weight is 297 g/mol. The summed E-state index contributed by atoms with van der Waals surface area (Å²) in [6.45, 7) is 6.65. The predicted octanol–water partition coefficient (Wildman–Crippen LogP) is 2.93. The monoisotopic (exact) mass is 297 g/mol. The molecule has 2 N–H and O–H groups in total. The van der Waals surface area contributed by atoms with Gasteiger partial charge in [-0.05, 0) is 30.2 Å². The first-order valence-corrected chi connectivity index (χ1v) is 7.48. The molecule has 3 heteroatoms. The van der Waals surface area contributed by atoms with Crippen molar-refractivity contribution in [3.63, 3.8) is 0 Å². The maximum Gasteiger partial charge on any atom is 0.0990 e. The summed E-state index contributed by atoms with van der Waals surface area (Å²) >= 11 is 0. The van der Waals surface area contributed by atoms with E-state index < -0.39 is 12.2 Å². The highest BCUT2D eigenvalue weighted by atomic mass is 16.3. The van der Waals surface area contributed by atoms with Gasteiger partial charge in [0.1, 0.15) is 0 Å². The van der Waals surface area contributed by atoms with Gasteiger partial charge in [-0.25, -0.2) is 0 Å². The molecule has 0 bridgehead atoms. The van der Waals surface area contributed by atoms with Crippen LogP contribution in [-0.2, 0) is 0 Å². The van der Waals surface area contributed by atoms with E-state index in [1.165, 1.54) is 0 Å². The molecule has 1 saturated heterocycles. The van der Waals surface area contributed by atoms with Gasteiger partial charge in [0.2, 0.25) is 0 Å². The Bertz CT molecular complexity index is 574. The number of aliphatic hydroxyl groups is 2. The Balaban J connectivity index is 2.06. The molecule has 0 spiro atoms. The molecule has 1 aliphatic heterocycles. The lowest BCUT2D eigenvalue weighted by atomic mass is 10.1. The zero-order valence-electron chi connectivity index (χ0n) is 12.9. The second-order valence-corrected chi connectivity index (χ2v) is 5.37. The van der Waals surface area contributed by atoms with Crippen molar-refractivity contribution in [2.75, 3.05) is 18.0 Å². The molecule has 2 unspecified atom stereocenters. The smallest absolute Gasteiger partial charge is 0.0990 e. The maximum atomic E-state index is 9.61. The van der Waals surface area contributed by atoms with Crippen LogP contribution >= 0.6 is 0 Å². The number of anilines is 1. The third-order valence-electron chi connectivity index (χ3n) is 3.65. The normalized spacial score (nSPS) is 22.9. The molecule has 0 aliphatic carbocycles. The van der Waals surface area contributed by atoms with Crippen LogP contribution in [0.3, 0.4) is 0 Å². The summed E-state index contributed by atoms with van der Waals surface area (Å²) in [6.07, 6.45) is 10.5. The second-order valence-electron chi connectivity index (χ2n) is 5.37. The number of allylic oxidation sites excluding steroid dienone is 6. The minimum Gasteiger partial charge on any atom is -0.389 e. The van der Waals surface area contributed by atoms with E-state index in [0.717, 1.165) is 16.8 Å². The molecule has 0 saturated carbocycles. The highest BCUT2D eigenvalue weighted by molar-refractivity contribution is 5.59. The van der Waals surface area contributed by atoms with Gasteiger partial charge in [-0.1, -0.05) is 55.2 Å². The number of hydrogen-bond acceptors (Lipinski definition) is 3. The lowest BCUT2D eigenvalue weighted by molar-refractivity contribution is 0.0572. The number of hydrogen-bond donors (Lipinski definition) is 2. The molecule has 1 fully saturated rings. The van der Waals surface area contributed by atoms with Crippen molar-refractivity contribution in [2.45, 2.75) is 19.1 Å². The van der Waals surface area contributed by atoms with Crippen LogP contribution in [0.4, 0.5) is 5.69 Å². The summed E-state index contributed by atoms with van der Waals surface area (Å²) in [6, 6.07) is 8.09. The van der Waals surface area contributed by atoms with Crippen LogP contribution in [0.1, 0.15) is 12.5 Å². The van der Waals surface area contributed by atoms with E-state index in [2.05, 4.69) is 6.58 Å². The topological polar surface area (TPSA) is 43.7 Å². The third-order valence-corrected chi connectivity index (χ3v) is 3.65. The van der Waals surface area contributed by atoms with Gasteiger partial charge in [0.05, 0.1) is 12.2 Å². The largest absolute Gasteiger partial charge is 0.389 e. The molecule has 0 radical (unpaired) electrons. The number of nitrogens with zero attached hydrogens (tertiary/aromatic N) is 1. The lowest BCUT2D eigenvalue weighted by Gasteiger charge is -2.17. The molecule has 22 heavy (non-hydrogen) atoms. The number of β-amino-alcohol motifs (C(OH)–C–C–N with tert-alkyl or cyclic N) is 2. The average Bonchev–Trinajstić information content (AvgIpc) is 2.85. The molecule has 2 atom stereocenters. The summed E-state index contributed by atoms with van der Waals surface area (Å²) in [5, 5.41) is 19.2. The Labute approximate surface area is 132 Å². The van der Waals surface area contributed by atoms with Crippen LogP contribution in [0.2, 0.25) is 0 Å². The van der Waals surface area contributed by atoms with E-state index in [1.54, 1.807) is 6.08 Å². The van der Waals surface area contributed by atoms with Crippen molar-refractivity contribution in [1.82, 2.24) is 0 Å². The van der Waals surface area contributed by atoms with Gasteiger partial charge in [0.15, 0.2) is 0 Å². The highest BCUT2D eigenvalue weighted by Crippen LogP contribution is 2.21. The molecule has 1 aromatic rings. The van der Waals surface area contributed by atoms with Crippen molar-refractivity contribution < 1.29 is 10.2 Å². The van der Waals surface area contributed by atoms with Crippen LogP contribution in [0, 0.1) is 0 Å². The van der Waals surface area contributed by atoms with Crippen molar-refractivity contribution in [1.29, 1.82) is 0 Å². The van der Waals surface area contributed by atoms with Crippen LogP contribution in [0.15, 0.2) is 66.8 Å². The fraction of sp³-hybridized carbons (Fsp3) is 0.263. The van der Waals surface area contributed by atoms with Gasteiger partial charge in [0.25, 0.3) is 0 Å². The minimum atomic E-state index is -0.660. The first-order chi connectivity index (χ1) is 10.6. The number of aliphatic hydroxyl groups excluding tert-OH is 2. The van der Waals surface area contributed by atoms with Crippen molar-refractivity contribution in [3.05, 3.63) is 72.4 Å². The van der Waals surface area contributed by atoms with E-state index >= 15 is 0 Å². The molecule has 2 rings (SSSR count). The Morgan fingerprint density at radius 2 is 1.77 bits per heavy atom. The Kier molecular flexibility index (Phi) is 5.75. The summed E-state index contributed by atoms with van der Waals surface area (Å²) in [4.78, 5) is 1.99. The molecule has 1 heterocycles. The van der Waals surface area contributed by atoms with Crippen LogP contribution < -0.4 is 4.90 Å². The number of benzene rings is 1. The minimum absolute atomic E-state index is 0.476. The van der Waals surface area contributed by atoms with Crippen LogP contribution in [0.25, 0.3) is 6.08 Å². The molecule has 1 aromatic carbocycles. The standard InChI is InChI=1S/C19H23NO2/c1-3-5-15(6-4-2)7-8-16-9-11-17(12-10-16)20-13-18(21)19(22)14-20/h3-12,18-19,21-22H,1,13-14H2,2H3/b6-4-,8-7+,15-5+. The Morgan fingerprint density at radius 3 is 2.32 bits per heavy atom. The van der Waals surface area contributed by atoms with Gasteiger partial charge in [0, 0.05) is 18.8 Å². The summed E-state index contributed by atoms with van der Waals surface area (Å²) in [7, 11) is 0. The first-order valence-electron chi connectivity index (χ1n) is 7.48. The molecule has 116 valence electrons. The molecule has 0 aromatic heterocycles. The fourth-order valence-electron chi connectivity index (χ4n) is 2.46. The quantitative estimate of drug-likeness (QED) is 0.821. The SMILES string of the molecule is C=C/C=C(\C=C/C)/C=C/c1ccc(N2CC(O)C(O)C2)cc1. The summed E-state index contributed by atoms with van der Waals surface area (Å²) in [5.74, 6) is 0. The molecule has 0 amide bonds. The first kappa shape index (κ1) is 16.3. The highest BCUT2D eigenvalue weighted by Gasteiger charge is 2.29. The van der Waals surface area contributed by atoms with E-state index in [0.29, 0.717) is 13.1 Å². The van der Waals surface area contributed by atoms with Crippen molar-refractivity contribution in [3.8, 4) is 0 Å². The zero-order valence-corrected chi connectivity index (χ0v) is 12.9. The zero-order chi connectivity index (χ0) is 15.9. The van der Waals surface area contributed by atoms with E-state index in [1.807, 2.05) is 66.5 Å². The van der Waals surface area contributed by atoms with E-state index in [4.69, 9.17) is 0 Å². The molecule has 3 nitrogen and oxygen atoms in total. The Hall–Kier alpha value is -2.10. The third kappa shape index (κ3) is 4.20. The lowest BCUT2D eigenvalue weighted by Crippen LogP contribution is -2.22. The van der Waals surface area contributed by atoms with E-state index in [9.17, 15) is 10.2 Å². The number of rotatable bonds is 5. The van der Waals surface area contributed by atoms with Crippen LogP contribution in [0.5, 0.6) is 0 Å². The van der Waals surface area contributed by atoms with Gasteiger partial charge in [-0.15, -0.1) is 0 Å². The van der Waals surface area contributed by atoms with Gasteiger partial charge >= 0.3 is 0 Å². The fourth-order valence-corrected chi connectivity index (χ4v) is 2.46. The van der Waals surface area contributed by atoms with Crippen molar-refractivity contribution in [2.24, 2.45) is 0 Å². The summed E-state index contributed by atoms with van der Waals surface area (Å²) in [5.41, 5.74) is 3.21. The second kappa shape index (κ2) is 7.78.